The van der Waals surface area contributed by atoms with Crippen LogP contribution in [0.15, 0.2) is 78.9 Å². The molecule has 0 radical (unpaired) electrons. The lowest BCUT2D eigenvalue weighted by molar-refractivity contribution is -0.384. The number of non-ortho nitro benzene ring substituents is 1. The second kappa shape index (κ2) is 10.3. The molecular weight excluding hydrogens is 494 g/mol. The molecular formula is C27H24ClN5O4. The van der Waals surface area contributed by atoms with Crippen LogP contribution in [-0.4, -0.2) is 58.8 Å². The number of aromatic nitrogens is 2. The van der Waals surface area contributed by atoms with Crippen LogP contribution in [0.3, 0.4) is 0 Å². The van der Waals surface area contributed by atoms with Gasteiger partial charge in [-0.25, -0.2) is 4.68 Å². The Hall–Kier alpha value is -4.37. The summed E-state index contributed by atoms with van der Waals surface area (Å²) < 4.78 is 6.80. The Morgan fingerprint density at radius 1 is 0.946 bits per heavy atom. The Morgan fingerprint density at radius 2 is 1.65 bits per heavy atom. The number of anilines is 1. The van der Waals surface area contributed by atoms with Gasteiger partial charge in [0.2, 0.25) is 0 Å². The van der Waals surface area contributed by atoms with Crippen LogP contribution in [0.2, 0.25) is 5.02 Å². The third kappa shape index (κ3) is 5.12. The Bertz CT molecular complexity index is 1430. The summed E-state index contributed by atoms with van der Waals surface area (Å²) in [6, 6.07) is 22.8. The highest BCUT2D eigenvalue weighted by atomic mass is 35.5. The summed E-state index contributed by atoms with van der Waals surface area (Å²) in [6.45, 7) is 2.41. The molecule has 1 aliphatic heterocycles. The fourth-order valence-electron chi connectivity index (χ4n) is 4.35. The summed E-state index contributed by atoms with van der Waals surface area (Å²) in [5.41, 5.74) is 3.37. The van der Waals surface area contributed by atoms with Crippen LogP contribution in [0.5, 0.6) is 5.75 Å². The smallest absolute Gasteiger partial charge is 0.272 e. The number of hydrogen-bond acceptors (Lipinski definition) is 6. The van der Waals surface area contributed by atoms with Crippen LogP contribution < -0.4 is 9.64 Å². The van der Waals surface area contributed by atoms with E-state index in [1.807, 2.05) is 48.5 Å². The molecule has 5 rings (SSSR count). The van der Waals surface area contributed by atoms with Gasteiger partial charge in [-0.3, -0.25) is 14.9 Å². The Labute approximate surface area is 218 Å². The van der Waals surface area contributed by atoms with Gasteiger partial charge in [0.1, 0.15) is 11.4 Å². The van der Waals surface area contributed by atoms with Crippen molar-refractivity contribution in [2.45, 2.75) is 0 Å². The molecule has 0 bridgehead atoms. The monoisotopic (exact) mass is 517 g/mol. The van der Waals surface area contributed by atoms with Gasteiger partial charge in [0.25, 0.3) is 11.6 Å². The van der Waals surface area contributed by atoms with Crippen molar-refractivity contribution in [3.8, 4) is 22.7 Å². The van der Waals surface area contributed by atoms with Gasteiger partial charge >= 0.3 is 0 Å². The van der Waals surface area contributed by atoms with E-state index in [-0.39, 0.29) is 11.6 Å². The zero-order valence-corrected chi connectivity index (χ0v) is 20.8. The average Bonchev–Trinajstić information content (AvgIpc) is 3.38. The number of carbonyl (C=O) groups excluding carboxylic acids is 1. The average molecular weight is 518 g/mol. The number of nitrogens with zero attached hydrogens (tertiary/aromatic N) is 5. The predicted octanol–water partition coefficient (Wildman–Crippen LogP) is 5.07. The quantitative estimate of drug-likeness (QED) is 0.262. The van der Waals surface area contributed by atoms with E-state index in [2.05, 4.69) is 4.90 Å². The maximum absolute atomic E-state index is 13.7. The molecule has 0 spiro atoms. The lowest BCUT2D eigenvalue weighted by Gasteiger charge is -2.36. The molecule has 0 atom stereocenters. The molecule has 0 saturated carbocycles. The molecule has 1 aromatic heterocycles. The number of ether oxygens (including phenoxy) is 1. The number of amides is 1. The van der Waals surface area contributed by atoms with E-state index >= 15 is 0 Å². The van der Waals surface area contributed by atoms with Gasteiger partial charge in [-0.05, 0) is 60.7 Å². The Kier molecular flexibility index (Phi) is 6.78. The van der Waals surface area contributed by atoms with E-state index < -0.39 is 4.92 Å². The highest BCUT2D eigenvalue weighted by molar-refractivity contribution is 6.30. The van der Waals surface area contributed by atoms with Crippen molar-refractivity contribution in [3.05, 3.63) is 99.7 Å². The highest BCUT2D eigenvalue weighted by Crippen LogP contribution is 2.27. The maximum Gasteiger partial charge on any atom is 0.272 e. The Morgan fingerprint density at radius 3 is 2.27 bits per heavy atom. The van der Waals surface area contributed by atoms with Gasteiger partial charge in [0.05, 0.1) is 23.4 Å². The van der Waals surface area contributed by atoms with E-state index in [1.54, 1.807) is 34.9 Å². The van der Waals surface area contributed by atoms with Crippen LogP contribution >= 0.6 is 11.6 Å². The van der Waals surface area contributed by atoms with Crippen LogP contribution in [0, 0.1) is 10.1 Å². The van der Waals surface area contributed by atoms with E-state index in [0.29, 0.717) is 54.0 Å². The number of carbonyl (C=O) groups is 1. The summed E-state index contributed by atoms with van der Waals surface area (Å²) in [6.07, 6.45) is 0. The topological polar surface area (TPSA) is 93.7 Å². The van der Waals surface area contributed by atoms with Crippen LogP contribution in [0.1, 0.15) is 10.5 Å². The molecule has 0 N–H and O–H groups in total. The summed E-state index contributed by atoms with van der Waals surface area (Å²) in [4.78, 5) is 28.4. The van der Waals surface area contributed by atoms with Gasteiger partial charge in [0.15, 0.2) is 0 Å². The molecule has 3 aromatic carbocycles. The molecule has 1 fully saturated rings. The summed E-state index contributed by atoms with van der Waals surface area (Å²) in [5, 5.41) is 16.5. The minimum atomic E-state index is -0.457. The predicted molar refractivity (Wildman–Crippen MR) is 142 cm³/mol. The molecule has 2 heterocycles. The number of nitro groups is 1. The fraction of sp³-hybridized carbons (Fsp3) is 0.185. The number of piperazine rings is 1. The van der Waals surface area contributed by atoms with Crippen molar-refractivity contribution in [2.75, 3.05) is 38.2 Å². The van der Waals surface area contributed by atoms with Gasteiger partial charge in [-0.15, -0.1) is 0 Å². The molecule has 0 aliphatic carbocycles. The van der Waals surface area contributed by atoms with E-state index in [4.69, 9.17) is 21.4 Å². The highest BCUT2D eigenvalue weighted by Gasteiger charge is 2.27. The SMILES string of the molecule is COc1ccc(-c2cc(C(=O)N3CCN(c4cccc(Cl)c4)CC3)n(-c3ccc([N+](=O)[O-])cc3)n2)cc1. The van der Waals surface area contributed by atoms with Gasteiger partial charge < -0.3 is 14.5 Å². The van der Waals surface area contributed by atoms with Crippen molar-refractivity contribution in [2.24, 2.45) is 0 Å². The molecule has 0 unspecified atom stereocenters. The van der Waals surface area contributed by atoms with Crippen LogP contribution in [-0.2, 0) is 0 Å². The first-order valence-corrected chi connectivity index (χ1v) is 12.1. The minimum Gasteiger partial charge on any atom is -0.497 e. The van der Waals surface area contributed by atoms with Crippen molar-refractivity contribution in [3.63, 3.8) is 0 Å². The summed E-state index contributed by atoms with van der Waals surface area (Å²) in [5.74, 6) is 0.559. The molecule has 1 aliphatic rings. The summed E-state index contributed by atoms with van der Waals surface area (Å²) in [7, 11) is 1.60. The first-order valence-electron chi connectivity index (χ1n) is 11.7. The largest absolute Gasteiger partial charge is 0.497 e. The maximum atomic E-state index is 13.7. The molecule has 1 saturated heterocycles. The first-order chi connectivity index (χ1) is 17.9. The van der Waals surface area contributed by atoms with Crippen molar-refractivity contribution >= 4 is 28.9 Å². The van der Waals surface area contributed by atoms with Gasteiger partial charge in [0, 0.05) is 54.6 Å². The van der Waals surface area contributed by atoms with Crippen molar-refractivity contribution < 1.29 is 14.5 Å². The molecule has 10 heteroatoms. The number of benzene rings is 3. The first kappa shape index (κ1) is 24.3. The number of methoxy groups -OCH3 is 1. The standard InChI is InChI=1S/C27H24ClN5O4/c1-37-24-11-5-19(6-12-24)25-18-26(32(29-25)21-7-9-22(10-8-21)33(35)36)27(34)31-15-13-30(14-16-31)23-4-2-3-20(28)17-23/h2-12,17-18H,13-16H2,1H3. The second-order valence-electron chi connectivity index (χ2n) is 8.59. The van der Waals surface area contributed by atoms with E-state index in [0.717, 1.165) is 11.3 Å². The van der Waals surface area contributed by atoms with Crippen LogP contribution in [0.4, 0.5) is 11.4 Å². The third-order valence-electron chi connectivity index (χ3n) is 6.36. The molecule has 4 aromatic rings. The van der Waals surface area contributed by atoms with Crippen molar-refractivity contribution in [1.29, 1.82) is 0 Å². The Balaban J connectivity index is 1.44. The lowest BCUT2D eigenvalue weighted by Crippen LogP contribution is -2.49. The molecule has 37 heavy (non-hydrogen) atoms. The minimum absolute atomic E-state index is 0.0312. The van der Waals surface area contributed by atoms with Crippen LogP contribution in [0.25, 0.3) is 16.9 Å². The van der Waals surface area contributed by atoms with E-state index in [1.165, 1.54) is 12.1 Å². The third-order valence-corrected chi connectivity index (χ3v) is 6.59. The number of rotatable bonds is 6. The number of hydrogen-bond donors (Lipinski definition) is 0. The number of nitro benzene ring substituents is 1. The molecule has 1 amide bonds. The van der Waals surface area contributed by atoms with Gasteiger partial charge in [-0.2, -0.15) is 5.10 Å². The second-order valence-corrected chi connectivity index (χ2v) is 9.02. The zero-order chi connectivity index (χ0) is 25.9. The summed E-state index contributed by atoms with van der Waals surface area (Å²) >= 11 is 6.15. The van der Waals surface area contributed by atoms with E-state index in [9.17, 15) is 14.9 Å². The zero-order valence-electron chi connectivity index (χ0n) is 20.1. The van der Waals surface area contributed by atoms with Gasteiger partial charge in [-0.1, -0.05) is 17.7 Å². The lowest BCUT2D eigenvalue weighted by atomic mass is 10.1. The van der Waals surface area contributed by atoms with Crippen molar-refractivity contribution in [1.82, 2.24) is 14.7 Å². The molecule has 9 nitrogen and oxygen atoms in total. The number of halogens is 1. The fourth-order valence-corrected chi connectivity index (χ4v) is 4.54. The normalized spacial score (nSPS) is 13.5. The molecule has 188 valence electrons.